The summed E-state index contributed by atoms with van der Waals surface area (Å²) in [4.78, 5) is 6.87. The third-order valence-electron chi connectivity index (χ3n) is 5.86. The Hall–Kier alpha value is -3.36. The molecule has 0 bridgehead atoms. The van der Waals surface area contributed by atoms with E-state index in [2.05, 4.69) is 32.8 Å². The zero-order valence-corrected chi connectivity index (χ0v) is 16.2. The molecule has 1 aliphatic rings. The fourth-order valence-corrected chi connectivity index (χ4v) is 4.39. The lowest BCUT2D eigenvalue weighted by molar-refractivity contribution is 0.324. The van der Waals surface area contributed by atoms with Crippen LogP contribution < -0.4 is 0 Å². The van der Waals surface area contributed by atoms with Gasteiger partial charge in [0.05, 0.1) is 11.6 Å². The molecule has 0 unspecified atom stereocenters. The molecule has 0 spiro atoms. The first kappa shape index (κ1) is 17.7. The summed E-state index contributed by atoms with van der Waals surface area (Å²) in [5, 5.41) is 22.0. The van der Waals surface area contributed by atoms with E-state index in [1.165, 1.54) is 12.8 Å². The maximum atomic E-state index is 10.9. The van der Waals surface area contributed by atoms with Crippen molar-refractivity contribution in [2.75, 3.05) is 13.1 Å². The summed E-state index contributed by atoms with van der Waals surface area (Å²) in [7, 11) is 0. The van der Waals surface area contributed by atoms with Crippen LogP contribution in [0.5, 0.6) is 5.75 Å². The van der Waals surface area contributed by atoms with Crippen LogP contribution in [-0.2, 0) is 13.1 Å². The number of aromatic nitrogens is 2. The Bertz CT molecular complexity index is 1250. The fourth-order valence-electron chi connectivity index (χ4n) is 4.39. The predicted octanol–water partition coefficient (Wildman–Crippen LogP) is 4.41. The number of nitrogens with zero attached hydrogens (tertiary/aromatic N) is 4. The van der Waals surface area contributed by atoms with Crippen LogP contribution in [0, 0.1) is 11.3 Å². The average Bonchev–Trinajstić information content (AvgIpc) is 3.41. The number of phenols is 1. The van der Waals surface area contributed by atoms with Gasteiger partial charge in [-0.3, -0.25) is 9.88 Å². The van der Waals surface area contributed by atoms with Gasteiger partial charge in [-0.05, 0) is 67.9 Å². The number of hydrogen-bond donors (Lipinski definition) is 1. The van der Waals surface area contributed by atoms with Crippen molar-refractivity contribution >= 4 is 21.8 Å². The minimum Gasteiger partial charge on any atom is -0.505 e. The summed E-state index contributed by atoms with van der Waals surface area (Å²) in [5.74, 6) is 0.298. The SMILES string of the molecule is N#Cc1ccc2c(ccn2Cc2cc(CN3CCCC3)c(O)c3ncccc23)c1. The van der Waals surface area contributed by atoms with Crippen LogP contribution in [0.1, 0.15) is 29.5 Å². The Kier molecular flexibility index (Phi) is 4.42. The maximum absolute atomic E-state index is 10.9. The lowest BCUT2D eigenvalue weighted by Gasteiger charge is -2.18. The number of likely N-dealkylation sites (tertiary alicyclic amines) is 1. The topological polar surface area (TPSA) is 65.1 Å². The highest BCUT2D eigenvalue weighted by molar-refractivity contribution is 5.89. The van der Waals surface area contributed by atoms with Crippen molar-refractivity contribution in [1.82, 2.24) is 14.5 Å². The number of benzene rings is 2. The number of rotatable bonds is 4. The Labute approximate surface area is 169 Å². The van der Waals surface area contributed by atoms with Gasteiger partial charge in [0.2, 0.25) is 0 Å². The average molecular weight is 382 g/mol. The van der Waals surface area contributed by atoms with E-state index in [1.54, 1.807) is 6.20 Å². The van der Waals surface area contributed by atoms with E-state index in [4.69, 9.17) is 5.26 Å². The Balaban J connectivity index is 1.58. The molecule has 1 N–H and O–H groups in total. The second-order valence-corrected chi connectivity index (χ2v) is 7.76. The van der Waals surface area contributed by atoms with Gasteiger partial charge in [0.15, 0.2) is 0 Å². The van der Waals surface area contributed by atoms with Crippen molar-refractivity contribution in [1.29, 1.82) is 5.26 Å². The second kappa shape index (κ2) is 7.23. The largest absolute Gasteiger partial charge is 0.505 e. The van der Waals surface area contributed by atoms with Crippen LogP contribution in [0.15, 0.2) is 54.9 Å². The normalized spacial score (nSPS) is 14.6. The minimum atomic E-state index is 0.298. The van der Waals surface area contributed by atoms with Gasteiger partial charge in [-0.25, -0.2) is 0 Å². The summed E-state index contributed by atoms with van der Waals surface area (Å²) in [6, 6.07) is 16.1. The molecular weight excluding hydrogens is 360 g/mol. The molecule has 1 saturated heterocycles. The van der Waals surface area contributed by atoms with Gasteiger partial charge in [0, 0.05) is 47.3 Å². The molecule has 4 aromatic rings. The zero-order chi connectivity index (χ0) is 19.8. The number of pyridine rings is 1. The van der Waals surface area contributed by atoms with Gasteiger partial charge < -0.3 is 9.67 Å². The molecule has 144 valence electrons. The van der Waals surface area contributed by atoms with Gasteiger partial charge in [-0.2, -0.15) is 5.26 Å². The molecule has 5 nitrogen and oxygen atoms in total. The first-order valence-electron chi connectivity index (χ1n) is 10.0. The number of fused-ring (bicyclic) bond motifs is 2. The quantitative estimate of drug-likeness (QED) is 0.568. The van der Waals surface area contributed by atoms with E-state index in [0.29, 0.717) is 23.4 Å². The Morgan fingerprint density at radius 3 is 2.72 bits per heavy atom. The number of phenolic OH excluding ortho intramolecular Hbond substituents is 1. The fraction of sp³-hybridized carbons (Fsp3) is 0.250. The van der Waals surface area contributed by atoms with Crippen molar-refractivity contribution < 1.29 is 5.11 Å². The van der Waals surface area contributed by atoms with Gasteiger partial charge in [0.25, 0.3) is 0 Å². The molecule has 5 rings (SSSR count). The smallest absolute Gasteiger partial charge is 0.146 e. The van der Waals surface area contributed by atoms with E-state index >= 15 is 0 Å². The van der Waals surface area contributed by atoms with Crippen molar-refractivity contribution in [3.8, 4) is 11.8 Å². The molecule has 1 aliphatic heterocycles. The lowest BCUT2D eigenvalue weighted by Crippen LogP contribution is -2.18. The third-order valence-corrected chi connectivity index (χ3v) is 5.86. The van der Waals surface area contributed by atoms with Gasteiger partial charge in [-0.1, -0.05) is 6.07 Å². The van der Waals surface area contributed by atoms with E-state index < -0.39 is 0 Å². The molecule has 0 atom stereocenters. The van der Waals surface area contributed by atoms with Crippen LogP contribution in [0.3, 0.4) is 0 Å². The van der Waals surface area contributed by atoms with Crippen molar-refractivity contribution in [2.45, 2.75) is 25.9 Å². The van der Waals surface area contributed by atoms with E-state index in [1.807, 2.05) is 36.4 Å². The first-order chi connectivity index (χ1) is 14.2. The highest BCUT2D eigenvalue weighted by Gasteiger charge is 2.18. The van der Waals surface area contributed by atoms with Crippen LogP contribution in [0.4, 0.5) is 0 Å². The van der Waals surface area contributed by atoms with Gasteiger partial charge >= 0.3 is 0 Å². The minimum absolute atomic E-state index is 0.298. The molecule has 5 heteroatoms. The van der Waals surface area contributed by atoms with Crippen LogP contribution in [0.2, 0.25) is 0 Å². The highest BCUT2D eigenvalue weighted by atomic mass is 16.3. The molecule has 0 aliphatic carbocycles. The summed E-state index contributed by atoms with van der Waals surface area (Å²) in [6.07, 6.45) is 6.24. The lowest BCUT2D eigenvalue weighted by atomic mass is 10.0. The molecule has 0 amide bonds. The molecule has 29 heavy (non-hydrogen) atoms. The van der Waals surface area contributed by atoms with E-state index in [0.717, 1.165) is 47.1 Å². The van der Waals surface area contributed by atoms with E-state index in [9.17, 15) is 5.11 Å². The summed E-state index contributed by atoms with van der Waals surface area (Å²) in [6.45, 7) is 3.60. The molecule has 3 heterocycles. The van der Waals surface area contributed by atoms with Crippen molar-refractivity contribution in [3.05, 3.63) is 71.5 Å². The van der Waals surface area contributed by atoms with Crippen molar-refractivity contribution in [3.63, 3.8) is 0 Å². The molecule has 2 aromatic heterocycles. The maximum Gasteiger partial charge on any atom is 0.146 e. The van der Waals surface area contributed by atoms with Gasteiger partial charge in [-0.15, -0.1) is 0 Å². The zero-order valence-electron chi connectivity index (χ0n) is 16.2. The van der Waals surface area contributed by atoms with Crippen molar-refractivity contribution in [2.24, 2.45) is 0 Å². The van der Waals surface area contributed by atoms with Crippen LogP contribution in [-0.4, -0.2) is 32.6 Å². The summed E-state index contributed by atoms with van der Waals surface area (Å²) >= 11 is 0. The molecule has 0 saturated carbocycles. The molecule has 0 radical (unpaired) electrons. The second-order valence-electron chi connectivity index (χ2n) is 7.76. The third kappa shape index (κ3) is 3.22. The summed E-state index contributed by atoms with van der Waals surface area (Å²) in [5.41, 5.74) is 4.51. The molecule has 1 fully saturated rings. The summed E-state index contributed by atoms with van der Waals surface area (Å²) < 4.78 is 2.19. The predicted molar refractivity (Wildman–Crippen MR) is 114 cm³/mol. The highest BCUT2D eigenvalue weighted by Crippen LogP contribution is 2.32. The van der Waals surface area contributed by atoms with Gasteiger partial charge in [0.1, 0.15) is 11.3 Å². The standard InChI is InChI=1S/C24H22N4O/c25-14-17-5-6-22-18(12-17)7-11-28(22)16-19-13-20(15-27-9-1-2-10-27)24(29)23-21(19)4-3-8-26-23/h3-8,11-13,29H,1-2,9-10,15-16H2. The molecule has 2 aromatic carbocycles. The Morgan fingerprint density at radius 1 is 1.03 bits per heavy atom. The molecular formula is C24H22N4O. The number of nitriles is 1. The van der Waals surface area contributed by atoms with E-state index in [-0.39, 0.29) is 0 Å². The first-order valence-corrected chi connectivity index (χ1v) is 10.0. The monoisotopic (exact) mass is 382 g/mol. The number of hydrogen-bond acceptors (Lipinski definition) is 4. The Morgan fingerprint density at radius 2 is 1.90 bits per heavy atom. The number of aromatic hydroxyl groups is 1. The van der Waals surface area contributed by atoms with Crippen LogP contribution in [0.25, 0.3) is 21.8 Å². The van der Waals surface area contributed by atoms with Crippen LogP contribution >= 0.6 is 0 Å².